The monoisotopic (exact) mass is 263 g/mol. The maximum absolute atomic E-state index is 12.2. The zero-order valence-corrected chi connectivity index (χ0v) is 11.5. The van der Waals surface area contributed by atoms with Crippen molar-refractivity contribution in [2.45, 2.75) is 38.7 Å². The number of methoxy groups -OCH3 is 1. The Kier molecular flexibility index (Phi) is 4.30. The highest BCUT2D eigenvalue weighted by atomic mass is 16.5. The van der Waals surface area contributed by atoms with E-state index in [9.17, 15) is 4.79 Å². The summed E-state index contributed by atoms with van der Waals surface area (Å²) in [7, 11) is 1.51. The first-order valence-electron chi connectivity index (χ1n) is 6.77. The molecule has 1 aliphatic rings. The van der Waals surface area contributed by atoms with Crippen LogP contribution in [0.1, 0.15) is 43.0 Å². The van der Waals surface area contributed by atoms with E-state index in [1.807, 2.05) is 0 Å². The second kappa shape index (κ2) is 5.95. The van der Waals surface area contributed by atoms with Gasteiger partial charge in [-0.15, -0.1) is 0 Å². The number of nitrogens with two attached hydrogens (primary N) is 1. The fraction of sp³-hybridized carbons (Fsp3) is 0.533. The van der Waals surface area contributed by atoms with Crippen LogP contribution in [0, 0.1) is 5.92 Å². The molecule has 2 rings (SSSR count). The van der Waals surface area contributed by atoms with Crippen LogP contribution in [0.5, 0.6) is 5.75 Å². The number of esters is 1. The van der Waals surface area contributed by atoms with Crippen molar-refractivity contribution in [2.75, 3.05) is 12.8 Å². The quantitative estimate of drug-likeness (QED) is 0.672. The highest BCUT2D eigenvalue weighted by Crippen LogP contribution is 2.30. The molecule has 4 nitrogen and oxygen atoms in total. The maximum Gasteiger partial charge on any atom is 0.342 e. The van der Waals surface area contributed by atoms with Crippen LogP contribution in [-0.4, -0.2) is 19.2 Å². The summed E-state index contributed by atoms with van der Waals surface area (Å²) in [5.41, 5.74) is 6.65. The van der Waals surface area contributed by atoms with Gasteiger partial charge in [0.2, 0.25) is 0 Å². The number of ether oxygens (including phenoxy) is 2. The Morgan fingerprint density at radius 1 is 1.32 bits per heavy atom. The Bertz CT molecular complexity index is 459. The third kappa shape index (κ3) is 3.00. The van der Waals surface area contributed by atoms with Crippen LogP contribution in [0.3, 0.4) is 0 Å². The smallest absolute Gasteiger partial charge is 0.342 e. The van der Waals surface area contributed by atoms with E-state index < -0.39 is 0 Å². The minimum absolute atomic E-state index is 0.00684. The van der Waals surface area contributed by atoms with Crippen molar-refractivity contribution < 1.29 is 14.3 Å². The number of benzene rings is 1. The molecule has 2 N–H and O–H groups in total. The van der Waals surface area contributed by atoms with Gasteiger partial charge in [0.25, 0.3) is 0 Å². The highest BCUT2D eigenvalue weighted by Gasteiger charge is 2.26. The van der Waals surface area contributed by atoms with Crippen molar-refractivity contribution in [3.8, 4) is 5.75 Å². The van der Waals surface area contributed by atoms with Gasteiger partial charge in [0.15, 0.2) is 5.75 Å². The Morgan fingerprint density at radius 3 is 2.74 bits per heavy atom. The molecule has 19 heavy (non-hydrogen) atoms. The van der Waals surface area contributed by atoms with Crippen molar-refractivity contribution in [3.63, 3.8) is 0 Å². The summed E-state index contributed by atoms with van der Waals surface area (Å²) in [6, 6.07) is 5.13. The third-order valence-corrected chi connectivity index (χ3v) is 3.76. The van der Waals surface area contributed by atoms with E-state index in [0.29, 0.717) is 22.9 Å². The molecule has 0 radical (unpaired) electrons. The van der Waals surface area contributed by atoms with Gasteiger partial charge in [0.1, 0.15) is 11.7 Å². The van der Waals surface area contributed by atoms with Gasteiger partial charge in [-0.1, -0.05) is 19.4 Å². The van der Waals surface area contributed by atoms with Gasteiger partial charge in [-0.25, -0.2) is 4.79 Å². The number of anilines is 1. The van der Waals surface area contributed by atoms with E-state index in [4.69, 9.17) is 15.2 Å². The molecule has 1 fully saturated rings. The predicted molar refractivity (Wildman–Crippen MR) is 74.2 cm³/mol. The molecule has 2 unspecified atom stereocenters. The molecule has 1 aromatic carbocycles. The first-order valence-corrected chi connectivity index (χ1v) is 6.77. The number of nitrogen functional groups attached to an aromatic ring is 1. The highest BCUT2D eigenvalue weighted by molar-refractivity contribution is 5.94. The summed E-state index contributed by atoms with van der Waals surface area (Å²) < 4.78 is 10.8. The largest absolute Gasteiger partial charge is 0.494 e. The molecule has 0 spiro atoms. The van der Waals surface area contributed by atoms with Crippen LogP contribution in [-0.2, 0) is 4.74 Å². The van der Waals surface area contributed by atoms with E-state index in [1.165, 1.54) is 13.5 Å². The molecule has 0 bridgehead atoms. The Labute approximate surface area is 113 Å². The zero-order valence-electron chi connectivity index (χ0n) is 11.5. The van der Waals surface area contributed by atoms with Gasteiger partial charge < -0.3 is 15.2 Å². The van der Waals surface area contributed by atoms with Crippen LogP contribution in [0.25, 0.3) is 0 Å². The number of hydrogen-bond donors (Lipinski definition) is 1. The molecular weight excluding hydrogens is 242 g/mol. The van der Waals surface area contributed by atoms with Gasteiger partial charge in [0, 0.05) is 0 Å². The minimum atomic E-state index is -0.345. The first kappa shape index (κ1) is 13.7. The average Bonchev–Trinajstić information content (AvgIpc) is 2.41. The van der Waals surface area contributed by atoms with Gasteiger partial charge in [-0.05, 0) is 37.3 Å². The number of carbonyl (C=O) groups is 1. The zero-order chi connectivity index (χ0) is 13.8. The molecular formula is C15H21NO3. The fourth-order valence-corrected chi connectivity index (χ4v) is 2.60. The molecule has 0 aliphatic heterocycles. The molecule has 2 atom stereocenters. The summed E-state index contributed by atoms with van der Waals surface area (Å²) in [4.78, 5) is 12.2. The Morgan fingerprint density at radius 2 is 2.05 bits per heavy atom. The first-order chi connectivity index (χ1) is 9.13. The summed E-state index contributed by atoms with van der Waals surface area (Å²) in [5.74, 6) is 0.476. The molecule has 1 aromatic rings. The SMILES string of the molecule is COc1c(N)cccc1C(=O)OC1CCCCC1C. The standard InChI is InChI=1S/C15H21NO3/c1-10-6-3-4-9-13(10)19-15(17)11-7-5-8-12(16)14(11)18-2/h5,7-8,10,13H,3-4,6,9,16H2,1-2H3. The molecule has 0 heterocycles. The van der Waals surface area contributed by atoms with Crippen LogP contribution < -0.4 is 10.5 Å². The molecule has 0 saturated heterocycles. The molecule has 104 valence electrons. The summed E-state index contributed by atoms with van der Waals surface area (Å²) in [6.07, 6.45) is 4.41. The molecule has 0 amide bonds. The maximum atomic E-state index is 12.2. The summed E-state index contributed by atoms with van der Waals surface area (Å²) in [6.45, 7) is 2.13. The topological polar surface area (TPSA) is 61.5 Å². The number of carbonyl (C=O) groups excluding carboxylic acids is 1. The molecule has 1 aliphatic carbocycles. The van der Waals surface area contributed by atoms with E-state index >= 15 is 0 Å². The third-order valence-electron chi connectivity index (χ3n) is 3.76. The van der Waals surface area contributed by atoms with Crippen molar-refractivity contribution in [3.05, 3.63) is 23.8 Å². The molecule has 4 heteroatoms. The lowest BCUT2D eigenvalue weighted by Gasteiger charge is -2.28. The van der Waals surface area contributed by atoms with E-state index in [0.717, 1.165) is 19.3 Å². The number of para-hydroxylation sites is 1. The summed E-state index contributed by atoms with van der Waals surface area (Å²) in [5, 5.41) is 0. The average molecular weight is 263 g/mol. The lowest BCUT2D eigenvalue weighted by atomic mass is 9.88. The minimum Gasteiger partial charge on any atom is -0.494 e. The molecule has 1 saturated carbocycles. The number of hydrogen-bond acceptors (Lipinski definition) is 4. The van der Waals surface area contributed by atoms with E-state index in [2.05, 4.69) is 6.92 Å². The van der Waals surface area contributed by atoms with E-state index in [-0.39, 0.29) is 12.1 Å². The van der Waals surface area contributed by atoms with Gasteiger partial charge in [-0.2, -0.15) is 0 Å². The second-order valence-electron chi connectivity index (χ2n) is 5.13. The van der Waals surface area contributed by atoms with Crippen molar-refractivity contribution in [1.29, 1.82) is 0 Å². The second-order valence-corrected chi connectivity index (χ2v) is 5.13. The van der Waals surface area contributed by atoms with E-state index in [1.54, 1.807) is 18.2 Å². The van der Waals surface area contributed by atoms with Gasteiger partial charge in [-0.3, -0.25) is 0 Å². The van der Waals surface area contributed by atoms with Crippen LogP contribution in [0.4, 0.5) is 5.69 Å². The van der Waals surface area contributed by atoms with Gasteiger partial charge in [0.05, 0.1) is 12.8 Å². The Hall–Kier alpha value is -1.71. The normalized spacial score (nSPS) is 22.8. The van der Waals surface area contributed by atoms with Crippen LogP contribution >= 0.6 is 0 Å². The Balaban J connectivity index is 2.13. The van der Waals surface area contributed by atoms with Crippen LogP contribution in [0.15, 0.2) is 18.2 Å². The predicted octanol–water partition coefficient (Wildman–Crippen LogP) is 3.01. The van der Waals surface area contributed by atoms with Crippen molar-refractivity contribution in [2.24, 2.45) is 5.92 Å². The molecule has 0 aromatic heterocycles. The number of rotatable bonds is 3. The lowest BCUT2D eigenvalue weighted by Crippen LogP contribution is -2.28. The van der Waals surface area contributed by atoms with Gasteiger partial charge >= 0.3 is 5.97 Å². The lowest BCUT2D eigenvalue weighted by molar-refractivity contribution is 0.00454. The van der Waals surface area contributed by atoms with Crippen LogP contribution in [0.2, 0.25) is 0 Å². The van der Waals surface area contributed by atoms with Crippen molar-refractivity contribution >= 4 is 11.7 Å². The van der Waals surface area contributed by atoms with Crippen molar-refractivity contribution in [1.82, 2.24) is 0 Å². The summed E-state index contributed by atoms with van der Waals surface area (Å²) >= 11 is 0. The fourth-order valence-electron chi connectivity index (χ4n) is 2.60.